The standard InChI is InChI=1S/C27H37N3O2/c1-6-16-28-18-22(5)30(19-21(28)4)26-24(14-11-15-25(26)31)17-20(3)29(7-2)27(32)23-12-9-8-10-13-23/h6,8-15,20-22,31H,1,7,16-19H2,2-5H3/t20-,21-,22+/m1/s1. The van der Waals surface area contributed by atoms with E-state index in [1.807, 2.05) is 54.3 Å². The van der Waals surface area contributed by atoms with E-state index >= 15 is 0 Å². The monoisotopic (exact) mass is 435 g/mol. The minimum absolute atomic E-state index is 0.00282. The number of phenolic OH excluding ortho intramolecular Hbond substituents is 1. The summed E-state index contributed by atoms with van der Waals surface area (Å²) in [5.41, 5.74) is 2.69. The van der Waals surface area contributed by atoms with Gasteiger partial charge in [-0.3, -0.25) is 9.69 Å². The summed E-state index contributed by atoms with van der Waals surface area (Å²) in [5, 5.41) is 10.9. The third-order valence-electron chi connectivity index (χ3n) is 6.53. The number of amides is 1. The van der Waals surface area contributed by atoms with E-state index in [1.165, 1.54) is 0 Å². The van der Waals surface area contributed by atoms with Gasteiger partial charge < -0.3 is 14.9 Å². The third-order valence-corrected chi connectivity index (χ3v) is 6.53. The zero-order valence-electron chi connectivity index (χ0n) is 19.9. The number of carbonyl (C=O) groups is 1. The fourth-order valence-electron chi connectivity index (χ4n) is 4.83. The predicted octanol–water partition coefficient (Wildman–Crippen LogP) is 4.57. The molecule has 1 aliphatic heterocycles. The van der Waals surface area contributed by atoms with Crippen molar-refractivity contribution < 1.29 is 9.90 Å². The molecule has 5 nitrogen and oxygen atoms in total. The van der Waals surface area contributed by atoms with Crippen LogP contribution in [0.3, 0.4) is 0 Å². The second-order valence-electron chi connectivity index (χ2n) is 8.89. The van der Waals surface area contributed by atoms with Crippen LogP contribution in [0.15, 0.2) is 61.2 Å². The van der Waals surface area contributed by atoms with Crippen LogP contribution in [0, 0.1) is 0 Å². The number of anilines is 1. The van der Waals surface area contributed by atoms with E-state index in [0.29, 0.717) is 30.3 Å². The van der Waals surface area contributed by atoms with Gasteiger partial charge in [-0.2, -0.15) is 0 Å². The molecule has 1 fully saturated rings. The molecule has 0 spiro atoms. The Morgan fingerprint density at radius 2 is 1.88 bits per heavy atom. The molecule has 1 N–H and O–H groups in total. The number of likely N-dealkylation sites (N-methyl/N-ethyl adjacent to an activating group) is 1. The molecule has 0 unspecified atom stereocenters. The molecule has 0 aromatic heterocycles. The maximum atomic E-state index is 13.1. The van der Waals surface area contributed by atoms with Crippen LogP contribution in [0.25, 0.3) is 0 Å². The number of benzene rings is 2. The van der Waals surface area contributed by atoms with Crippen LogP contribution in [0.5, 0.6) is 5.75 Å². The fourth-order valence-corrected chi connectivity index (χ4v) is 4.83. The van der Waals surface area contributed by atoms with E-state index in [0.717, 1.165) is 30.9 Å². The lowest BCUT2D eigenvalue weighted by Crippen LogP contribution is -2.56. The van der Waals surface area contributed by atoms with Crippen molar-refractivity contribution in [1.29, 1.82) is 0 Å². The lowest BCUT2D eigenvalue weighted by atomic mass is 9.99. The Bertz CT molecular complexity index is 914. The molecule has 1 saturated heterocycles. The maximum absolute atomic E-state index is 13.1. The van der Waals surface area contributed by atoms with Crippen LogP contribution in [0.4, 0.5) is 5.69 Å². The molecule has 0 bridgehead atoms. The molecule has 1 heterocycles. The Labute approximate surface area is 193 Å². The maximum Gasteiger partial charge on any atom is 0.254 e. The molecule has 3 rings (SSSR count). The molecule has 32 heavy (non-hydrogen) atoms. The highest BCUT2D eigenvalue weighted by Gasteiger charge is 2.31. The Morgan fingerprint density at radius 3 is 2.53 bits per heavy atom. The number of phenols is 1. The minimum Gasteiger partial charge on any atom is -0.506 e. The Balaban J connectivity index is 1.84. The lowest BCUT2D eigenvalue weighted by Gasteiger charge is -2.46. The second kappa shape index (κ2) is 10.7. The molecular formula is C27H37N3O2. The van der Waals surface area contributed by atoms with Gasteiger partial charge in [0.2, 0.25) is 0 Å². The third kappa shape index (κ3) is 5.16. The molecule has 2 aromatic rings. The van der Waals surface area contributed by atoms with E-state index in [4.69, 9.17) is 0 Å². The smallest absolute Gasteiger partial charge is 0.254 e. The summed E-state index contributed by atoms with van der Waals surface area (Å²) in [5.74, 6) is 0.352. The van der Waals surface area contributed by atoms with Crippen LogP contribution >= 0.6 is 0 Å². The normalized spacial score (nSPS) is 20.1. The number of hydrogen-bond donors (Lipinski definition) is 1. The average molecular weight is 436 g/mol. The largest absolute Gasteiger partial charge is 0.506 e. The van der Waals surface area contributed by atoms with Gasteiger partial charge in [0.1, 0.15) is 5.75 Å². The molecule has 0 saturated carbocycles. The Morgan fingerprint density at radius 1 is 1.16 bits per heavy atom. The van der Waals surface area contributed by atoms with Crippen LogP contribution < -0.4 is 4.90 Å². The van der Waals surface area contributed by atoms with Crippen molar-refractivity contribution in [1.82, 2.24) is 9.80 Å². The first-order valence-corrected chi connectivity index (χ1v) is 11.7. The summed E-state index contributed by atoms with van der Waals surface area (Å²) in [4.78, 5) is 19.8. The molecule has 1 aliphatic rings. The highest BCUT2D eigenvalue weighted by Crippen LogP contribution is 2.36. The molecular weight excluding hydrogens is 398 g/mol. The van der Waals surface area contributed by atoms with Crippen LogP contribution in [0.1, 0.15) is 43.6 Å². The van der Waals surface area contributed by atoms with Crippen molar-refractivity contribution in [3.8, 4) is 5.75 Å². The lowest BCUT2D eigenvalue weighted by molar-refractivity contribution is 0.0703. The van der Waals surface area contributed by atoms with Gasteiger partial charge in [-0.05, 0) is 57.9 Å². The quantitative estimate of drug-likeness (QED) is 0.617. The predicted molar refractivity (Wildman–Crippen MR) is 132 cm³/mol. The van der Waals surface area contributed by atoms with E-state index in [1.54, 1.807) is 6.07 Å². The average Bonchev–Trinajstić information content (AvgIpc) is 2.78. The SMILES string of the molecule is C=CCN1C[C@H](C)N(c2c(O)cccc2C[C@@H](C)N(CC)C(=O)c2ccccc2)C[C@H]1C. The summed E-state index contributed by atoms with van der Waals surface area (Å²) in [7, 11) is 0. The summed E-state index contributed by atoms with van der Waals surface area (Å²) in [6.07, 6.45) is 2.64. The van der Waals surface area contributed by atoms with E-state index in [-0.39, 0.29) is 18.0 Å². The summed E-state index contributed by atoms with van der Waals surface area (Å²) >= 11 is 0. The van der Waals surface area contributed by atoms with Crippen LogP contribution in [-0.4, -0.2) is 65.1 Å². The van der Waals surface area contributed by atoms with Gasteiger partial charge in [0.05, 0.1) is 5.69 Å². The van der Waals surface area contributed by atoms with Crippen molar-refractivity contribution in [2.75, 3.05) is 31.1 Å². The van der Waals surface area contributed by atoms with Crippen molar-refractivity contribution in [2.45, 2.75) is 52.2 Å². The fraction of sp³-hybridized carbons (Fsp3) is 0.444. The van der Waals surface area contributed by atoms with Crippen molar-refractivity contribution in [3.63, 3.8) is 0 Å². The summed E-state index contributed by atoms with van der Waals surface area (Å²) in [6, 6.07) is 15.8. The van der Waals surface area contributed by atoms with Gasteiger partial charge in [0, 0.05) is 49.9 Å². The molecule has 0 radical (unpaired) electrons. The van der Waals surface area contributed by atoms with E-state index in [9.17, 15) is 9.90 Å². The molecule has 172 valence electrons. The van der Waals surface area contributed by atoms with Gasteiger partial charge in [-0.25, -0.2) is 0 Å². The number of para-hydroxylation sites is 1. The number of aromatic hydroxyl groups is 1. The van der Waals surface area contributed by atoms with Gasteiger partial charge >= 0.3 is 0 Å². The first-order valence-electron chi connectivity index (χ1n) is 11.7. The summed E-state index contributed by atoms with van der Waals surface area (Å²) in [6.45, 7) is 15.7. The van der Waals surface area contributed by atoms with Gasteiger partial charge in [-0.15, -0.1) is 6.58 Å². The Kier molecular flexibility index (Phi) is 7.97. The number of rotatable bonds is 8. The topological polar surface area (TPSA) is 47.0 Å². The van der Waals surface area contributed by atoms with Crippen molar-refractivity contribution in [3.05, 3.63) is 72.3 Å². The molecule has 5 heteroatoms. The van der Waals surface area contributed by atoms with E-state index < -0.39 is 0 Å². The minimum atomic E-state index is 0.00282. The van der Waals surface area contributed by atoms with Gasteiger partial charge in [0.25, 0.3) is 5.91 Å². The highest BCUT2D eigenvalue weighted by molar-refractivity contribution is 5.94. The molecule has 2 aromatic carbocycles. The van der Waals surface area contributed by atoms with E-state index in [2.05, 4.69) is 43.2 Å². The number of hydrogen-bond acceptors (Lipinski definition) is 4. The number of nitrogens with zero attached hydrogens (tertiary/aromatic N) is 3. The Hall–Kier alpha value is -2.79. The van der Waals surface area contributed by atoms with Crippen molar-refractivity contribution in [2.24, 2.45) is 0 Å². The number of carbonyl (C=O) groups excluding carboxylic acids is 1. The summed E-state index contributed by atoms with van der Waals surface area (Å²) < 4.78 is 0. The van der Waals surface area contributed by atoms with Crippen molar-refractivity contribution >= 4 is 11.6 Å². The second-order valence-corrected chi connectivity index (χ2v) is 8.89. The van der Waals surface area contributed by atoms with Crippen LogP contribution in [-0.2, 0) is 6.42 Å². The first kappa shape index (κ1) is 23.9. The highest BCUT2D eigenvalue weighted by atomic mass is 16.3. The first-order chi connectivity index (χ1) is 15.4. The van der Waals surface area contributed by atoms with Crippen LogP contribution in [0.2, 0.25) is 0 Å². The van der Waals surface area contributed by atoms with Gasteiger partial charge in [0.15, 0.2) is 0 Å². The molecule has 1 amide bonds. The zero-order valence-corrected chi connectivity index (χ0v) is 19.9. The molecule has 0 aliphatic carbocycles. The zero-order chi connectivity index (χ0) is 23.3. The van der Waals surface area contributed by atoms with Gasteiger partial charge in [-0.1, -0.05) is 36.4 Å². The molecule has 3 atom stereocenters. The number of piperazine rings is 1.